The number of nitro benzene ring substituents is 1. The van der Waals surface area contributed by atoms with Crippen molar-refractivity contribution < 1.29 is 14.8 Å². The third kappa shape index (κ3) is 3.22. The maximum Gasteiger partial charge on any atom is 0.335 e. The molecule has 0 saturated heterocycles. The molecule has 0 unspecified atom stereocenters. The van der Waals surface area contributed by atoms with E-state index < -0.39 is 10.9 Å². The van der Waals surface area contributed by atoms with Gasteiger partial charge in [-0.05, 0) is 37.1 Å². The fourth-order valence-electron chi connectivity index (χ4n) is 1.93. The van der Waals surface area contributed by atoms with Crippen molar-refractivity contribution in [1.29, 1.82) is 0 Å². The van der Waals surface area contributed by atoms with Crippen LogP contribution in [0.25, 0.3) is 0 Å². The summed E-state index contributed by atoms with van der Waals surface area (Å²) in [6, 6.07) is 9.88. The Morgan fingerprint density at radius 2 is 1.90 bits per heavy atom. The van der Waals surface area contributed by atoms with E-state index in [-0.39, 0.29) is 11.3 Å². The minimum Gasteiger partial charge on any atom is -0.478 e. The Balaban J connectivity index is 2.46. The first-order valence-corrected chi connectivity index (χ1v) is 6.97. The zero-order chi connectivity index (χ0) is 15.6. The lowest BCUT2D eigenvalue weighted by atomic mass is 10.1. The molecule has 0 aliphatic heterocycles. The molecule has 5 nitrogen and oxygen atoms in total. The number of benzene rings is 2. The molecule has 0 radical (unpaired) electrons. The lowest BCUT2D eigenvalue weighted by Crippen LogP contribution is -1.99. The molecule has 0 spiro atoms. The van der Waals surface area contributed by atoms with Gasteiger partial charge in [0, 0.05) is 11.0 Å². The molecule has 2 aromatic rings. The van der Waals surface area contributed by atoms with Gasteiger partial charge in [0.05, 0.1) is 15.4 Å². The summed E-state index contributed by atoms with van der Waals surface area (Å²) in [5, 5.41) is 20.2. The number of nitro groups is 1. The van der Waals surface area contributed by atoms with Crippen LogP contribution in [0.2, 0.25) is 0 Å². The van der Waals surface area contributed by atoms with E-state index >= 15 is 0 Å². The van der Waals surface area contributed by atoms with Gasteiger partial charge >= 0.3 is 5.97 Å². The van der Waals surface area contributed by atoms with E-state index in [9.17, 15) is 14.9 Å². The van der Waals surface area contributed by atoms with Crippen LogP contribution >= 0.6 is 11.8 Å². The van der Waals surface area contributed by atoms with Crippen LogP contribution in [-0.2, 0) is 0 Å². The summed E-state index contributed by atoms with van der Waals surface area (Å²) in [4.78, 5) is 23.0. The fraction of sp³-hybridized carbons (Fsp3) is 0.133. The van der Waals surface area contributed by atoms with Crippen molar-refractivity contribution in [3.8, 4) is 0 Å². The van der Waals surface area contributed by atoms with Gasteiger partial charge in [-0.1, -0.05) is 30.0 Å². The van der Waals surface area contributed by atoms with Gasteiger partial charge in [0.2, 0.25) is 0 Å². The monoisotopic (exact) mass is 303 g/mol. The fourth-order valence-corrected chi connectivity index (χ4v) is 2.95. The maximum absolute atomic E-state index is 11.2. The highest BCUT2D eigenvalue weighted by atomic mass is 32.2. The first kappa shape index (κ1) is 15.1. The molecule has 0 aliphatic rings. The molecule has 0 saturated carbocycles. The number of carbonyl (C=O) groups is 1. The summed E-state index contributed by atoms with van der Waals surface area (Å²) in [5.74, 6) is -1.01. The SMILES string of the molecule is Cc1ccc(Sc2c(C)cccc2[N+](=O)[O-])cc1C(=O)O. The summed E-state index contributed by atoms with van der Waals surface area (Å²) >= 11 is 1.20. The Hall–Kier alpha value is -2.34. The highest BCUT2D eigenvalue weighted by Gasteiger charge is 2.17. The highest BCUT2D eigenvalue weighted by molar-refractivity contribution is 7.99. The average Bonchev–Trinajstić information content (AvgIpc) is 2.42. The van der Waals surface area contributed by atoms with E-state index in [1.165, 1.54) is 17.8 Å². The molecule has 2 aromatic carbocycles. The zero-order valence-corrected chi connectivity index (χ0v) is 12.3. The molecule has 0 aliphatic carbocycles. The van der Waals surface area contributed by atoms with Crippen molar-refractivity contribution in [3.63, 3.8) is 0 Å². The first-order valence-electron chi connectivity index (χ1n) is 6.16. The number of nitrogens with zero attached hydrogens (tertiary/aromatic N) is 1. The topological polar surface area (TPSA) is 80.4 Å². The van der Waals surface area contributed by atoms with Gasteiger partial charge in [0.15, 0.2) is 0 Å². The smallest absolute Gasteiger partial charge is 0.335 e. The van der Waals surface area contributed by atoms with E-state index in [2.05, 4.69) is 0 Å². The Bertz CT molecular complexity index is 728. The summed E-state index contributed by atoms with van der Waals surface area (Å²) in [6.07, 6.45) is 0. The summed E-state index contributed by atoms with van der Waals surface area (Å²) in [7, 11) is 0. The van der Waals surface area contributed by atoms with Crippen molar-refractivity contribution >= 4 is 23.4 Å². The number of carboxylic acid groups (broad SMARTS) is 1. The summed E-state index contributed by atoms with van der Waals surface area (Å²) in [5.41, 5.74) is 1.67. The molecular weight excluding hydrogens is 290 g/mol. The standard InChI is InChI=1S/C15H13NO4S/c1-9-6-7-11(8-12(9)15(17)18)21-14-10(2)4-3-5-13(14)16(19)20/h3-8H,1-2H3,(H,17,18). The second-order valence-corrected chi connectivity index (χ2v) is 5.65. The van der Waals surface area contributed by atoms with Gasteiger partial charge in [-0.2, -0.15) is 0 Å². The molecular formula is C15H13NO4S. The third-order valence-corrected chi connectivity index (χ3v) is 4.27. The lowest BCUT2D eigenvalue weighted by molar-refractivity contribution is -0.387. The molecule has 1 N–H and O–H groups in total. The van der Waals surface area contributed by atoms with Gasteiger partial charge in [-0.25, -0.2) is 4.79 Å². The number of carboxylic acids is 1. The van der Waals surface area contributed by atoms with Crippen molar-refractivity contribution in [2.75, 3.05) is 0 Å². The van der Waals surface area contributed by atoms with E-state index in [1.807, 2.05) is 0 Å². The molecule has 21 heavy (non-hydrogen) atoms. The second kappa shape index (κ2) is 5.97. The van der Waals surface area contributed by atoms with Gasteiger partial charge in [0.1, 0.15) is 0 Å². The largest absolute Gasteiger partial charge is 0.478 e. The molecule has 0 heterocycles. The Kier molecular flexibility index (Phi) is 4.28. The number of rotatable bonds is 4. The predicted molar refractivity (Wildman–Crippen MR) is 80.1 cm³/mol. The first-order chi connectivity index (χ1) is 9.90. The number of hydrogen-bond acceptors (Lipinski definition) is 4. The molecule has 0 fully saturated rings. The molecule has 0 atom stereocenters. The molecule has 0 aromatic heterocycles. The van der Waals surface area contributed by atoms with Gasteiger partial charge < -0.3 is 5.11 Å². The second-order valence-electron chi connectivity index (χ2n) is 4.56. The Morgan fingerprint density at radius 1 is 1.19 bits per heavy atom. The van der Waals surface area contributed by atoms with Crippen LogP contribution in [0.5, 0.6) is 0 Å². The molecule has 108 valence electrons. The predicted octanol–water partition coefficient (Wildman–Crippen LogP) is 4.06. The van der Waals surface area contributed by atoms with E-state index in [0.717, 1.165) is 5.56 Å². The lowest BCUT2D eigenvalue weighted by Gasteiger charge is -2.08. The average molecular weight is 303 g/mol. The zero-order valence-electron chi connectivity index (χ0n) is 11.5. The van der Waals surface area contributed by atoms with Gasteiger partial charge in [0.25, 0.3) is 5.69 Å². The van der Waals surface area contributed by atoms with Crippen LogP contribution in [-0.4, -0.2) is 16.0 Å². The van der Waals surface area contributed by atoms with Crippen LogP contribution in [0.15, 0.2) is 46.2 Å². The molecule has 6 heteroatoms. The van der Waals surface area contributed by atoms with Crippen molar-refractivity contribution in [2.45, 2.75) is 23.6 Å². The normalized spacial score (nSPS) is 10.4. The number of aromatic carboxylic acids is 1. The van der Waals surface area contributed by atoms with Crippen molar-refractivity contribution in [2.24, 2.45) is 0 Å². The minimum absolute atomic E-state index is 0.0254. The van der Waals surface area contributed by atoms with Gasteiger partial charge in [-0.3, -0.25) is 10.1 Å². The van der Waals surface area contributed by atoms with Crippen LogP contribution in [0.4, 0.5) is 5.69 Å². The molecule has 0 bridgehead atoms. The summed E-state index contributed by atoms with van der Waals surface area (Å²) in [6.45, 7) is 3.51. The van der Waals surface area contributed by atoms with E-state index in [0.29, 0.717) is 15.4 Å². The van der Waals surface area contributed by atoms with E-state index in [1.54, 1.807) is 44.2 Å². The van der Waals surface area contributed by atoms with Crippen molar-refractivity contribution in [3.05, 3.63) is 63.2 Å². The van der Waals surface area contributed by atoms with E-state index in [4.69, 9.17) is 5.11 Å². The van der Waals surface area contributed by atoms with Crippen molar-refractivity contribution in [1.82, 2.24) is 0 Å². The maximum atomic E-state index is 11.2. The summed E-state index contributed by atoms with van der Waals surface area (Å²) < 4.78 is 0. The Labute approximate surface area is 125 Å². The molecule has 0 amide bonds. The quantitative estimate of drug-likeness (QED) is 0.680. The number of hydrogen-bond donors (Lipinski definition) is 1. The van der Waals surface area contributed by atoms with Crippen LogP contribution < -0.4 is 0 Å². The highest BCUT2D eigenvalue weighted by Crippen LogP contribution is 2.37. The molecule has 2 rings (SSSR count). The number of aryl methyl sites for hydroxylation is 2. The van der Waals surface area contributed by atoms with Crippen LogP contribution in [0.1, 0.15) is 21.5 Å². The third-order valence-electron chi connectivity index (χ3n) is 3.05. The van der Waals surface area contributed by atoms with Gasteiger partial charge in [-0.15, -0.1) is 0 Å². The Morgan fingerprint density at radius 3 is 2.52 bits per heavy atom. The minimum atomic E-state index is -1.01. The van der Waals surface area contributed by atoms with Crippen LogP contribution in [0.3, 0.4) is 0 Å². The van der Waals surface area contributed by atoms with Crippen LogP contribution in [0, 0.1) is 24.0 Å².